The number of carboxylic acids is 2. The lowest BCUT2D eigenvalue weighted by atomic mass is 10.1. The third kappa shape index (κ3) is 8.85. The van der Waals surface area contributed by atoms with E-state index in [0.29, 0.717) is 47.3 Å². The van der Waals surface area contributed by atoms with Gasteiger partial charge in [0.1, 0.15) is 35.2 Å². The summed E-state index contributed by atoms with van der Waals surface area (Å²) < 4.78 is 16.6. The fourth-order valence-electron chi connectivity index (χ4n) is 4.29. The van der Waals surface area contributed by atoms with E-state index >= 15 is 0 Å². The molecular formula is C32H30N6O9. The lowest BCUT2D eigenvalue weighted by Crippen LogP contribution is -2.28. The van der Waals surface area contributed by atoms with E-state index in [4.69, 9.17) is 14.2 Å². The fourth-order valence-corrected chi connectivity index (χ4v) is 4.29. The van der Waals surface area contributed by atoms with E-state index < -0.39 is 16.9 Å². The molecule has 15 nitrogen and oxygen atoms in total. The fraction of sp³-hybridized carbons (Fsp3) is 0.188. The summed E-state index contributed by atoms with van der Waals surface area (Å²) in [6.07, 6.45) is 0. The normalized spacial score (nSPS) is 11.0. The van der Waals surface area contributed by atoms with E-state index in [1.807, 2.05) is 24.0 Å². The molecule has 47 heavy (non-hydrogen) atoms. The second-order valence-corrected chi connectivity index (χ2v) is 9.67. The highest BCUT2D eigenvalue weighted by Crippen LogP contribution is 2.41. The van der Waals surface area contributed by atoms with Gasteiger partial charge in [-0.3, -0.25) is 10.1 Å². The highest BCUT2D eigenvalue weighted by molar-refractivity contribution is 5.94. The number of likely N-dealkylation sites (N-methyl/N-ethyl adjacent to an activating group) is 1. The zero-order valence-electron chi connectivity index (χ0n) is 25.6. The number of ether oxygens (including phenoxy) is 3. The van der Waals surface area contributed by atoms with Crippen molar-refractivity contribution in [2.45, 2.75) is 6.92 Å². The Balaban J connectivity index is 1.43. The molecule has 4 rings (SSSR count). The lowest BCUT2D eigenvalue weighted by molar-refractivity contribution is -0.384. The summed E-state index contributed by atoms with van der Waals surface area (Å²) in [6.45, 7) is 3.24. The molecule has 0 aliphatic rings. The molecule has 2 N–H and O–H groups in total. The van der Waals surface area contributed by atoms with Crippen molar-refractivity contribution in [1.82, 2.24) is 0 Å². The van der Waals surface area contributed by atoms with Gasteiger partial charge in [0.15, 0.2) is 0 Å². The molecule has 0 spiro atoms. The number of hydrogen-bond donors (Lipinski definition) is 2. The number of benzene rings is 4. The minimum atomic E-state index is -1.25. The number of aromatic carboxylic acids is 2. The van der Waals surface area contributed by atoms with Crippen LogP contribution >= 0.6 is 0 Å². The van der Waals surface area contributed by atoms with Crippen molar-refractivity contribution in [3.8, 4) is 17.2 Å². The van der Waals surface area contributed by atoms with Crippen molar-refractivity contribution in [3.63, 3.8) is 0 Å². The first kappa shape index (κ1) is 33.5. The largest absolute Gasteiger partial charge is 0.494 e. The van der Waals surface area contributed by atoms with Gasteiger partial charge in [-0.15, -0.1) is 10.2 Å². The first-order valence-corrected chi connectivity index (χ1v) is 14.0. The van der Waals surface area contributed by atoms with Crippen molar-refractivity contribution in [3.05, 3.63) is 100 Å². The smallest absolute Gasteiger partial charge is 0.335 e. The monoisotopic (exact) mass is 642 g/mol. The summed E-state index contributed by atoms with van der Waals surface area (Å²) in [6, 6.07) is 19.8. The molecule has 0 unspecified atom stereocenters. The van der Waals surface area contributed by atoms with Gasteiger partial charge in [-0.25, -0.2) is 9.59 Å². The van der Waals surface area contributed by atoms with Crippen LogP contribution in [-0.4, -0.2) is 61.0 Å². The number of nitro benzene ring substituents is 1. The van der Waals surface area contributed by atoms with Crippen LogP contribution in [0.1, 0.15) is 27.6 Å². The lowest BCUT2D eigenvalue weighted by Gasteiger charge is -2.23. The molecule has 4 aromatic rings. The zero-order chi connectivity index (χ0) is 33.9. The maximum absolute atomic E-state index is 11.4. The summed E-state index contributed by atoms with van der Waals surface area (Å²) in [7, 11) is 2.95. The Kier molecular flexibility index (Phi) is 11.1. The molecule has 242 valence electrons. The number of nitrogens with zero attached hydrogens (tertiary/aromatic N) is 6. The molecule has 0 aliphatic carbocycles. The average Bonchev–Trinajstić information content (AvgIpc) is 3.08. The third-order valence-electron chi connectivity index (χ3n) is 6.71. The van der Waals surface area contributed by atoms with Crippen molar-refractivity contribution in [2.24, 2.45) is 20.5 Å². The SMILES string of the molecule is CCN(CCOc1cc(C(=O)O)cc(C(=O)O)c1)c1ccc(N=Nc2cc(OC)c(N=Nc3ccc([N+](=O)[O-])cc3)cc2OC)cc1. The van der Waals surface area contributed by atoms with Gasteiger partial charge in [-0.1, -0.05) is 0 Å². The number of methoxy groups -OCH3 is 2. The van der Waals surface area contributed by atoms with Crippen molar-refractivity contribution in [2.75, 3.05) is 38.8 Å². The second kappa shape index (κ2) is 15.6. The van der Waals surface area contributed by atoms with E-state index in [9.17, 15) is 29.9 Å². The topological polar surface area (TPSA) is 198 Å². The molecule has 0 radical (unpaired) electrons. The minimum absolute atomic E-state index is 0.0540. The molecule has 0 saturated carbocycles. The molecule has 0 bridgehead atoms. The van der Waals surface area contributed by atoms with E-state index in [-0.39, 0.29) is 29.2 Å². The number of hydrogen-bond acceptors (Lipinski definition) is 12. The van der Waals surface area contributed by atoms with Crippen LogP contribution < -0.4 is 19.1 Å². The molecule has 15 heteroatoms. The predicted octanol–water partition coefficient (Wildman–Crippen LogP) is 7.74. The standard InChI is InChI=1S/C32H30N6O9/c1-4-37(13-14-47-26-16-20(31(39)40)15-21(17-26)32(41)42)24-9-5-22(6-10-24)33-35-27-18-30(46-3)28(19-29(27)45-2)36-34-23-7-11-25(12-8-23)38(43)44/h5-12,15-19H,4,13-14H2,1-3H3,(H,39,40)(H,41,42). The zero-order valence-corrected chi connectivity index (χ0v) is 25.6. The van der Waals surface area contributed by atoms with E-state index in [2.05, 4.69) is 20.5 Å². The highest BCUT2D eigenvalue weighted by Gasteiger charge is 2.14. The maximum atomic E-state index is 11.4. The third-order valence-corrected chi connectivity index (χ3v) is 6.71. The Hall–Kier alpha value is -6.38. The van der Waals surface area contributed by atoms with Crippen LogP contribution in [0.3, 0.4) is 0 Å². The van der Waals surface area contributed by atoms with Crippen molar-refractivity contribution >= 4 is 46.1 Å². The van der Waals surface area contributed by atoms with E-state index in [0.717, 1.165) is 11.8 Å². The van der Waals surface area contributed by atoms with Gasteiger partial charge in [0, 0.05) is 36.5 Å². The summed E-state index contributed by atoms with van der Waals surface area (Å²) in [5.74, 6) is -1.62. The number of non-ortho nitro benzene ring substituents is 1. The Morgan fingerprint density at radius 3 is 1.68 bits per heavy atom. The van der Waals surface area contributed by atoms with Gasteiger partial charge in [-0.2, -0.15) is 10.2 Å². The molecule has 0 aromatic heterocycles. The molecule has 0 aliphatic heterocycles. The number of carbonyl (C=O) groups is 2. The number of azo groups is 2. The molecule has 4 aromatic carbocycles. The number of anilines is 1. The number of carboxylic acid groups (broad SMARTS) is 2. The Labute approximate surface area is 268 Å². The quantitative estimate of drug-likeness (QED) is 0.0734. The summed E-state index contributed by atoms with van der Waals surface area (Å²) >= 11 is 0. The molecular weight excluding hydrogens is 612 g/mol. The van der Waals surface area contributed by atoms with Gasteiger partial charge >= 0.3 is 11.9 Å². The van der Waals surface area contributed by atoms with Crippen molar-refractivity contribution < 1.29 is 38.9 Å². The molecule has 0 saturated heterocycles. The van der Waals surface area contributed by atoms with Crippen LogP contribution in [0.2, 0.25) is 0 Å². The molecule has 0 heterocycles. The van der Waals surface area contributed by atoms with Crippen LogP contribution in [0.15, 0.2) is 99.3 Å². The van der Waals surface area contributed by atoms with Crippen LogP contribution in [0.4, 0.5) is 34.1 Å². The summed E-state index contributed by atoms with van der Waals surface area (Å²) in [5, 5.41) is 46.4. The van der Waals surface area contributed by atoms with Crippen LogP contribution in [0, 0.1) is 10.1 Å². The minimum Gasteiger partial charge on any atom is -0.494 e. The first-order valence-electron chi connectivity index (χ1n) is 14.0. The number of nitro groups is 1. The van der Waals surface area contributed by atoms with Crippen LogP contribution in [0.5, 0.6) is 17.2 Å². The highest BCUT2D eigenvalue weighted by atomic mass is 16.6. The van der Waals surface area contributed by atoms with Gasteiger partial charge < -0.3 is 29.3 Å². The van der Waals surface area contributed by atoms with Gasteiger partial charge in [0.25, 0.3) is 5.69 Å². The van der Waals surface area contributed by atoms with Crippen LogP contribution in [-0.2, 0) is 0 Å². The van der Waals surface area contributed by atoms with Crippen LogP contribution in [0.25, 0.3) is 0 Å². The first-order chi connectivity index (χ1) is 22.6. The van der Waals surface area contributed by atoms with Gasteiger partial charge in [-0.05, 0) is 61.5 Å². The predicted molar refractivity (Wildman–Crippen MR) is 171 cm³/mol. The van der Waals surface area contributed by atoms with E-state index in [1.54, 1.807) is 24.3 Å². The molecule has 0 fully saturated rings. The van der Waals surface area contributed by atoms with Gasteiger partial charge in [0.05, 0.1) is 48.2 Å². The molecule has 0 atom stereocenters. The van der Waals surface area contributed by atoms with Crippen molar-refractivity contribution in [1.29, 1.82) is 0 Å². The Bertz CT molecular complexity index is 1780. The number of rotatable bonds is 15. The maximum Gasteiger partial charge on any atom is 0.335 e. The Morgan fingerprint density at radius 1 is 0.766 bits per heavy atom. The summed E-state index contributed by atoms with van der Waals surface area (Å²) in [5.41, 5.74) is 2.20. The molecule has 0 amide bonds. The Morgan fingerprint density at radius 2 is 1.26 bits per heavy atom. The average molecular weight is 643 g/mol. The second-order valence-electron chi connectivity index (χ2n) is 9.67. The summed E-state index contributed by atoms with van der Waals surface area (Å²) in [4.78, 5) is 35.1. The van der Waals surface area contributed by atoms with E-state index in [1.165, 1.54) is 50.6 Å². The van der Waals surface area contributed by atoms with Gasteiger partial charge in [0.2, 0.25) is 0 Å².